The number of piperidine rings is 1. The van der Waals surface area contributed by atoms with Crippen LogP contribution in [-0.2, 0) is 7.05 Å². The Morgan fingerprint density at radius 3 is 2.68 bits per heavy atom. The van der Waals surface area contributed by atoms with Crippen LogP contribution in [0.4, 0.5) is 4.39 Å². The van der Waals surface area contributed by atoms with Gasteiger partial charge in [0.25, 0.3) is 11.8 Å². The Labute approximate surface area is 180 Å². The monoisotopic (exact) mass is 423 g/mol. The molecule has 1 saturated heterocycles. The molecule has 0 spiro atoms. The van der Waals surface area contributed by atoms with Crippen molar-refractivity contribution in [3.63, 3.8) is 0 Å². The number of nitrogens with two attached hydrogens (primary N) is 1. The lowest BCUT2D eigenvalue weighted by Crippen LogP contribution is -2.40. The molecule has 162 valence electrons. The molecular weight excluding hydrogens is 397 g/mol. The zero-order valence-corrected chi connectivity index (χ0v) is 17.9. The van der Waals surface area contributed by atoms with E-state index < -0.39 is 11.7 Å². The van der Waals surface area contributed by atoms with Crippen molar-refractivity contribution < 1.29 is 14.0 Å². The van der Waals surface area contributed by atoms with Crippen LogP contribution in [0.1, 0.15) is 70.8 Å². The number of pyridine rings is 1. The normalized spacial score (nSPS) is 16.8. The number of halogens is 1. The molecule has 0 radical (unpaired) electrons. The van der Waals surface area contributed by atoms with Crippen LogP contribution >= 0.6 is 0 Å². The van der Waals surface area contributed by atoms with Crippen molar-refractivity contribution in [2.75, 3.05) is 13.1 Å². The van der Waals surface area contributed by atoms with Crippen LogP contribution in [0.5, 0.6) is 0 Å². The van der Waals surface area contributed by atoms with Crippen LogP contribution in [0.25, 0.3) is 10.9 Å². The van der Waals surface area contributed by atoms with Crippen molar-refractivity contribution in [2.24, 2.45) is 12.8 Å². The van der Waals surface area contributed by atoms with Crippen LogP contribution in [0.3, 0.4) is 0 Å². The molecule has 0 bridgehead atoms. The largest absolute Gasteiger partial charge is 0.366 e. The van der Waals surface area contributed by atoms with Gasteiger partial charge in [0, 0.05) is 31.4 Å². The van der Waals surface area contributed by atoms with Crippen molar-refractivity contribution in [2.45, 2.75) is 38.5 Å². The maximum absolute atomic E-state index is 13.6. The summed E-state index contributed by atoms with van der Waals surface area (Å²) in [6.07, 6.45) is 1.57. The Balaban J connectivity index is 1.66. The molecular formula is C23H26FN5O2. The number of fused-ring (bicyclic) bond motifs is 1. The molecule has 2 N–H and O–H groups in total. The quantitative estimate of drug-likeness (QED) is 0.696. The first-order valence-corrected chi connectivity index (χ1v) is 10.5. The van der Waals surface area contributed by atoms with E-state index in [0.29, 0.717) is 35.4 Å². The van der Waals surface area contributed by atoms with Gasteiger partial charge in [-0.3, -0.25) is 19.3 Å². The first kappa shape index (κ1) is 21.0. The van der Waals surface area contributed by atoms with E-state index in [1.807, 2.05) is 19.9 Å². The number of carbonyl (C=O) groups is 2. The number of nitrogens with zero attached hydrogens (tertiary/aromatic N) is 4. The van der Waals surface area contributed by atoms with Gasteiger partial charge in [-0.1, -0.05) is 13.8 Å². The number of likely N-dealkylation sites (tertiary alicyclic amines) is 1. The van der Waals surface area contributed by atoms with Crippen LogP contribution in [0, 0.1) is 5.82 Å². The third kappa shape index (κ3) is 4.02. The highest BCUT2D eigenvalue weighted by molar-refractivity contribution is 5.98. The maximum Gasteiger partial charge on any atom is 0.272 e. The summed E-state index contributed by atoms with van der Waals surface area (Å²) in [7, 11) is 1.77. The number of hydrogen-bond acceptors (Lipinski definition) is 4. The van der Waals surface area contributed by atoms with E-state index in [-0.39, 0.29) is 23.3 Å². The lowest BCUT2D eigenvalue weighted by molar-refractivity contribution is 0.0694. The molecule has 7 nitrogen and oxygen atoms in total. The van der Waals surface area contributed by atoms with Crippen molar-refractivity contribution >= 4 is 22.7 Å². The number of rotatable bonds is 4. The summed E-state index contributed by atoms with van der Waals surface area (Å²) in [6, 6.07) is 7.71. The topological polar surface area (TPSA) is 94.1 Å². The summed E-state index contributed by atoms with van der Waals surface area (Å²) >= 11 is 0. The van der Waals surface area contributed by atoms with E-state index in [4.69, 9.17) is 5.73 Å². The predicted molar refractivity (Wildman–Crippen MR) is 115 cm³/mol. The fourth-order valence-corrected chi connectivity index (χ4v) is 4.19. The fraction of sp³-hybridized carbons (Fsp3) is 0.391. The van der Waals surface area contributed by atoms with E-state index in [1.165, 1.54) is 12.1 Å². The smallest absolute Gasteiger partial charge is 0.272 e. The number of hydrogen-bond donors (Lipinski definition) is 1. The third-order valence-electron chi connectivity index (χ3n) is 5.88. The van der Waals surface area contributed by atoms with Gasteiger partial charge in [-0.25, -0.2) is 4.39 Å². The molecule has 2 aromatic heterocycles. The van der Waals surface area contributed by atoms with Crippen LogP contribution in [0.15, 0.2) is 30.3 Å². The Morgan fingerprint density at radius 2 is 2.00 bits per heavy atom. The minimum atomic E-state index is -0.606. The van der Waals surface area contributed by atoms with Gasteiger partial charge in [-0.05, 0) is 49.1 Å². The molecule has 4 rings (SSSR count). The number of amides is 2. The van der Waals surface area contributed by atoms with E-state index in [9.17, 15) is 14.0 Å². The number of carbonyl (C=O) groups excluding carboxylic acids is 2. The minimum absolute atomic E-state index is 0.0879. The Bertz CT molecular complexity index is 1170. The first-order valence-electron chi connectivity index (χ1n) is 10.5. The highest BCUT2D eigenvalue weighted by Gasteiger charge is 2.30. The second-order valence-electron chi connectivity index (χ2n) is 8.45. The summed E-state index contributed by atoms with van der Waals surface area (Å²) in [5, 5.41) is 4.97. The molecule has 1 atom stereocenters. The summed E-state index contributed by atoms with van der Waals surface area (Å²) in [5.41, 5.74) is 8.48. The van der Waals surface area contributed by atoms with Crippen molar-refractivity contribution in [1.82, 2.24) is 19.7 Å². The standard InChI is InChI=1S/C23H26FN5O2/c1-13(2)19-11-20(28(3)27-19)23(31)29-8-4-5-14(12-29)21-17(22(25)30)10-15-9-16(24)6-7-18(15)26-21/h6-7,9-11,13-14H,4-5,8,12H2,1-3H3,(H2,25,30). The SMILES string of the molecule is CC(C)c1cc(C(=O)N2CCCC(c3nc4ccc(F)cc4cc3C(N)=O)C2)n(C)n1. The molecule has 1 fully saturated rings. The van der Waals surface area contributed by atoms with E-state index in [0.717, 1.165) is 18.5 Å². The van der Waals surface area contributed by atoms with Gasteiger partial charge in [0.1, 0.15) is 11.5 Å². The summed E-state index contributed by atoms with van der Waals surface area (Å²) < 4.78 is 15.2. The van der Waals surface area contributed by atoms with Gasteiger partial charge in [0.15, 0.2) is 0 Å². The van der Waals surface area contributed by atoms with Crippen LogP contribution < -0.4 is 5.73 Å². The van der Waals surface area contributed by atoms with E-state index in [2.05, 4.69) is 10.1 Å². The first-order chi connectivity index (χ1) is 14.7. The van der Waals surface area contributed by atoms with Gasteiger partial charge in [-0.2, -0.15) is 5.10 Å². The van der Waals surface area contributed by atoms with E-state index >= 15 is 0 Å². The van der Waals surface area contributed by atoms with Gasteiger partial charge in [-0.15, -0.1) is 0 Å². The molecule has 1 aliphatic heterocycles. The molecule has 0 aliphatic carbocycles. The number of aryl methyl sites for hydroxylation is 1. The number of benzene rings is 1. The Hall–Kier alpha value is -3.29. The molecule has 2 amide bonds. The number of primary amides is 1. The van der Waals surface area contributed by atoms with Gasteiger partial charge in [0.05, 0.1) is 22.5 Å². The average Bonchev–Trinajstić information content (AvgIpc) is 3.14. The summed E-state index contributed by atoms with van der Waals surface area (Å²) in [6.45, 7) is 5.13. The van der Waals surface area contributed by atoms with Crippen LogP contribution in [-0.4, -0.2) is 44.6 Å². The molecule has 1 aliphatic rings. The molecule has 1 aromatic carbocycles. The lowest BCUT2D eigenvalue weighted by Gasteiger charge is -2.33. The summed E-state index contributed by atoms with van der Waals surface area (Å²) in [5.74, 6) is -0.997. The highest BCUT2D eigenvalue weighted by atomic mass is 19.1. The zero-order valence-electron chi connectivity index (χ0n) is 17.9. The van der Waals surface area contributed by atoms with E-state index in [1.54, 1.807) is 28.8 Å². The zero-order chi connectivity index (χ0) is 22.3. The second-order valence-corrected chi connectivity index (χ2v) is 8.45. The molecule has 1 unspecified atom stereocenters. The lowest BCUT2D eigenvalue weighted by atomic mass is 9.90. The van der Waals surface area contributed by atoms with Gasteiger partial charge in [0.2, 0.25) is 0 Å². The molecule has 0 saturated carbocycles. The highest BCUT2D eigenvalue weighted by Crippen LogP contribution is 2.31. The van der Waals surface area contributed by atoms with Gasteiger partial charge < -0.3 is 10.6 Å². The van der Waals surface area contributed by atoms with Crippen molar-refractivity contribution in [3.05, 3.63) is 58.8 Å². The molecule has 8 heteroatoms. The van der Waals surface area contributed by atoms with Crippen molar-refractivity contribution in [3.8, 4) is 0 Å². The Kier molecular flexibility index (Phi) is 5.47. The van der Waals surface area contributed by atoms with Crippen molar-refractivity contribution in [1.29, 1.82) is 0 Å². The number of aromatic nitrogens is 3. The van der Waals surface area contributed by atoms with Crippen LogP contribution in [0.2, 0.25) is 0 Å². The summed E-state index contributed by atoms with van der Waals surface area (Å²) in [4.78, 5) is 31.8. The Morgan fingerprint density at radius 1 is 1.23 bits per heavy atom. The maximum atomic E-state index is 13.6. The minimum Gasteiger partial charge on any atom is -0.366 e. The average molecular weight is 423 g/mol. The van der Waals surface area contributed by atoms with Gasteiger partial charge >= 0.3 is 0 Å². The molecule has 3 aromatic rings. The molecule has 3 heterocycles. The fourth-order valence-electron chi connectivity index (χ4n) is 4.19. The third-order valence-corrected chi connectivity index (χ3v) is 5.88. The second kappa shape index (κ2) is 8.09. The predicted octanol–water partition coefficient (Wildman–Crippen LogP) is 3.35. The molecule has 31 heavy (non-hydrogen) atoms.